The third kappa shape index (κ3) is 1.83. The standard InChI is InChI=1S/C10H9NO3S/c1-5-9(12)11-7-4-6(10(13)14)2-3-8(7)15-5/h2-5H,1H3,(H,11,12)(H,13,14)/p-1/t5-/m1/s1. The Labute approximate surface area is 90.7 Å². The first-order valence-electron chi connectivity index (χ1n) is 4.41. The predicted molar refractivity (Wildman–Crippen MR) is 54.7 cm³/mol. The highest BCUT2D eigenvalue weighted by molar-refractivity contribution is 8.00. The van der Waals surface area contributed by atoms with E-state index in [-0.39, 0.29) is 16.7 Å². The normalized spacial score (nSPS) is 19.3. The summed E-state index contributed by atoms with van der Waals surface area (Å²) < 4.78 is 0. The number of carbonyl (C=O) groups is 2. The number of fused-ring (bicyclic) bond motifs is 1. The van der Waals surface area contributed by atoms with Crippen LogP contribution in [0.4, 0.5) is 5.69 Å². The van der Waals surface area contributed by atoms with Gasteiger partial charge in [0.25, 0.3) is 0 Å². The van der Waals surface area contributed by atoms with Crippen LogP contribution in [0.25, 0.3) is 0 Å². The van der Waals surface area contributed by atoms with Gasteiger partial charge in [-0.3, -0.25) is 4.79 Å². The molecule has 0 fully saturated rings. The Balaban J connectivity index is 2.41. The van der Waals surface area contributed by atoms with Gasteiger partial charge in [0.2, 0.25) is 5.91 Å². The Bertz CT molecular complexity index is 444. The van der Waals surface area contributed by atoms with E-state index < -0.39 is 5.97 Å². The first-order chi connectivity index (χ1) is 7.08. The summed E-state index contributed by atoms with van der Waals surface area (Å²) in [5.41, 5.74) is 0.619. The minimum absolute atomic E-state index is 0.0733. The second kappa shape index (κ2) is 3.58. The van der Waals surface area contributed by atoms with Crippen LogP contribution in [-0.2, 0) is 4.79 Å². The molecule has 1 aromatic rings. The molecule has 1 aliphatic heterocycles. The third-order valence-electron chi connectivity index (χ3n) is 2.15. The van der Waals surface area contributed by atoms with Crippen molar-refractivity contribution in [1.29, 1.82) is 0 Å². The van der Waals surface area contributed by atoms with Crippen LogP contribution in [0, 0.1) is 0 Å². The minimum atomic E-state index is -1.24. The highest BCUT2D eigenvalue weighted by Crippen LogP contribution is 2.35. The molecule has 1 heterocycles. The molecular formula is C10H8NO3S-. The van der Waals surface area contributed by atoms with Gasteiger partial charge in [-0.15, -0.1) is 11.8 Å². The topological polar surface area (TPSA) is 69.2 Å². The minimum Gasteiger partial charge on any atom is -0.545 e. The fraction of sp³-hybridized carbons (Fsp3) is 0.200. The number of aromatic carboxylic acids is 1. The van der Waals surface area contributed by atoms with Gasteiger partial charge in [0.1, 0.15) is 0 Å². The van der Waals surface area contributed by atoms with E-state index >= 15 is 0 Å². The number of thioether (sulfide) groups is 1. The van der Waals surface area contributed by atoms with E-state index in [4.69, 9.17) is 0 Å². The van der Waals surface area contributed by atoms with Crippen molar-refractivity contribution in [1.82, 2.24) is 0 Å². The summed E-state index contributed by atoms with van der Waals surface area (Å²) >= 11 is 1.41. The van der Waals surface area contributed by atoms with E-state index in [1.54, 1.807) is 13.0 Å². The number of rotatable bonds is 1. The first-order valence-corrected chi connectivity index (χ1v) is 5.29. The van der Waals surface area contributed by atoms with E-state index in [1.807, 2.05) is 0 Å². The molecule has 4 nitrogen and oxygen atoms in total. The van der Waals surface area contributed by atoms with Gasteiger partial charge in [-0.05, 0) is 24.6 Å². The van der Waals surface area contributed by atoms with Crippen molar-refractivity contribution in [3.63, 3.8) is 0 Å². The number of benzene rings is 1. The maximum Gasteiger partial charge on any atom is 0.237 e. The summed E-state index contributed by atoms with van der Waals surface area (Å²) in [5, 5.41) is 13.1. The van der Waals surface area contributed by atoms with E-state index in [9.17, 15) is 14.7 Å². The highest BCUT2D eigenvalue weighted by atomic mass is 32.2. The molecule has 0 aliphatic carbocycles. The number of hydrogen-bond acceptors (Lipinski definition) is 4. The van der Waals surface area contributed by atoms with Gasteiger partial charge in [-0.2, -0.15) is 0 Å². The van der Waals surface area contributed by atoms with Crippen LogP contribution in [0.3, 0.4) is 0 Å². The predicted octanol–water partition coefficient (Wildman–Crippen LogP) is 0.483. The number of hydrogen-bond donors (Lipinski definition) is 1. The molecule has 1 aliphatic rings. The molecule has 0 bridgehead atoms. The van der Waals surface area contributed by atoms with E-state index in [0.29, 0.717) is 5.69 Å². The molecule has 0 aromatic heterocycles. The zero-order valence-corrected chi connectivity index (χ0v) is 8.76. The summed E-state index contributed by atoms with van der Waals surface area (Å²) in [7, 11) is 0. The van der Waals surface area contributed by atoms with Gasteiger partial charge in [-0.25, -0.2) is 0 Å². The van der Waals surface area contributed by atoms with Gasteiger partial charge in [0, 0.05) is 4.90 Å². The second-order valence-electron chi connectivity index (χ2n) is 3.25. The van der Waals surface area contributed by atoms with E-state index in [0.717, 1.165) is 4.90 Å². The van der Waals surface area contributed by atoms with Crippen molar-refractivity contribution < 1.29 is 14.7 Å². The SMILES string of the molecule is C[C@H]1Sc2ccc(C(=O)[O-])cc2NC1=O. The Morgan fingerprint density at radius 1 is 1.53 bits per heavy atom. The number of carboxylic acid groups (broad SMARTS) is 1. The molecule has 0 saturated carbocycles. The zero-order valence-electron chi connectivity index (χ0n) is 7.94. The average molecular weight is 222 g/mol. The Morgan fingerprint density at radius 3 is 2.93 bits per heavy atom. The Morgan fingerprint density at radius 2 is 2.27 bits per heavy atom. The van der Waals surface area contributed by atoms with Crippen LogP contribution in [-0.4, -0.2) is 17.1 Å². The molecule has 2 rings (SSSR count). The quantitative estimate of drug-likeness (QED) is 0.750. The van der Waals surface area contributed by atoms with E-state index in [2.05, 4.69) is 5.32 Å². The van der Waals surface area contributed by atoms with Gasteiger partial charge in [0.05, 0.1) is 16.9 Å². The summed E-state index contributed by atoms with van der Waals surface area (Å²) in [5.74, 6) is -1.35. The molecule has 1 aromatic carbocycles. The van der Waals surface area contributed by atoms with Crippen LogP contribution in [0.1, 0.15) is 17.3 Å². The van der Waals surface area contributed by atoms with Crippen LogP contribution < -0.4 is 10.4 Å². The van der Waals surface area contributed by atoms with Crippen molar-refractivity contribution in [3.05, 3.63) is 23.8 Å². The molecule has 5 heteroatoms. The fourth-order valence-corrected chi connectivity index (χ4v) is 2.27. The van der Waals surface area contributed by atoms with Crippen molar-refractivity contribution in [3.8, 4) is 0 Å². The number of carbonyl (C=O) groups excluding carboxylic acids is 2. The van der Waals surface area contributed by atoms with Crippen LogP contribution in [0.2, 0.25) is 0 Å². The van der Waals surface area contributed by atoms with Crippen molar-refractivity contribution in [2.24, 2.45) is 0 Å². The number of carboxylic acids is 1. The lowest BCUT2D eigenvalue weighted by atomic mass is 10.2. The van der Waals surface area contributed by atoms with Crippen LogP contribution in [0.15, 0.2) is 23.1 Å². The lowest BCUT2D eigenvalue weighted by molar-refractivity contribution is -0.255. The number of nitrogens with one attached hydrogen (secondary N) is 1. The molecular weight excluding hydrogens is 214 g/mol. The lowest BCUT2D eigenvalue weighted by Gasteiger charge is -2.21. The zero-order chi connectivity index (χ0) is 11.0. The smallest absolute Gasteiger partial charge is 0.237 e. The third-order valence-corrected chi connectivity index (χ3v) is 3.32. The largest absolute Gasteiger partial charge is 0.545 e. The monoisotopic (exact) mass is 222 g/mol. The molecule has 0 radical (unpaired) electrons. The molecule has 78 valence electrons. The van der Waals surface area contributed by atoms with Gasteiger partial charge >= 0.3 is 0 Å². The average Bonchev–Trinajstić information content (AvgIpc) is 2.19. The van der Waals surface area contributed by atoms with E-state index in [1.165, 1.54) is 23.9 Å². The molecule has 1 amide bonds. The summed E-state index contributed by atoms with van der Waals surface area (Å²) in [6.45, 7) is 1.80. The molecule has 0 saturated heterocycles. The second-order valence-corrected chi connectivity index (χ2v) is 4.63. The number of anilines is 1. The summed E-state index contributed by atoms with van der Waals surface area (Å²) in [6.07, 6.45) is 0. The summed E-state index contributed by atoms with van der Waals surface area (Å²) in [6, 6.07) is 4.58. The molecule has 1 N–H and O–H groups in total. The maximum atomic E-state index is 11.3. The highest BCUT2D eigenvalue weighted by Gasteiger charge is 2.22. The van der Waals surface area contributed by atoms with Gasteiger partial charge < -0.3 is 15.2 Å². The Hall–Kier alpha value is -1.49. The summed E-state index contributed by atoms with van der Waals surface area (Å²) in [4.78, 5) is 22.8. The van der Waals surface area contributed by atoms with Gasteiger partial charge in [-0.1, -0.05) is 6.07 Å². The maximum absolute atomic E-state index is 11.3. The Kier molecular flexibility index (Phi) is 2.40. The molecule has 1 atom stereocenters. The van der Waals surface area contributed by atoms with Crippen molar-refractivity contribution in [2.45, 2.75) is 17.1 Å². The van der Waals surface area contributed by atoms with Crippen LogP contribution >= 0.6 is 11.8 Å². The molecule has 0 unspecified atom stereocenters. The first kappa shape index (κ1) is 10.0. The van der Waals surface area contributed by atoms with Crippen LogP contribution in [0.5, 0.6) is 0 Å². The van der Waals surface area contributed by atoms with Gasteiger partial charge in [0.15, 0.2) is 0 Å². The number of amides is 1. The molecule has 15 heavy (non-hydrogen) atoms. The van der Waals surface area contributed by atoms with Crippen molar-refractivity contribution >= 4 is 29.3 Å². The van der Waals surface area contributed by atoms with Crippen molar-refractivity contribution in [2.75, 3.05) is 5.32 Å². The fourth-order valence-electron chi connectivity index (χ4n) is 1.34. The molecule has 0 spiro atoms. The lowest BCUT2D eigenvalue weighted by Crippen LogP contribution is -2.27.